The van der Waals surface area contributed by atoms with Gasteiger partial charge in [-0.05, 0) is 19.8 Å². The predicted octanol–water partition coefficient (Wildman–Crippen LogP) is 2.19. The molecule has 0 spiro atoms. The molecule has 1 heterocycles. The Morgan fingerprint density at radius 3 is 2.82 bits per heavy atom. The van der Waals surface area contributed by atoms with Gasteiger partial charge in [-0.15, -0.1) is 0 Å². The highest BCUT2D eigenvalue weighted by Crippen LogP contribution is 2.33. The first kappa shape index (κ1) is 9.01. The Hall–Kier alpha value is -0.0800. The van der Waals surface area contributed by atoms with Crippen molar-refractivity contribution in [2.45, 2.75) is 39.9 Å². The Bertz CT molecular complexity index is 119. The minimum Gasteiger partial charge on any atom is -0.352 e. The molecule has 11 heavy (non-hydrogen) atoms. The van der Waals surface area contributed by atoms with Gasteiger partial charge in [-0.3, -0.25) is 0 Å². The maximum atomic E-state index is 5.51. The van der Waals surface area contributed by atoms with Crippen LogP contribution >= 0.6 is 0 Å². The molecule has 0 unspecified atom stereocenters. The first-order chi connectivity index (χ1) is 5.17. The van der Waals surface area contributed by atoms with Crippen LogP contribution in [0, 0.1) is 5.41 Å². The van der Waals surface area contributed by atoms with E-state index in [1.165, 1.54) is 6.42 Å². The van der Waals surface area contributed by atoms with Crippen LogP contribution in [0.1, 0.15) is 33.6 Å². The highest BCUT2D eigenvalue weighted by Gasteiger charge is 2.33. The van der Waals surface area contributed by atoms with Crippen molar-refractivity contribution in [1.82, 2.24) is 0 Å². The minimum atomic E-state index is 0.0150. The first-order valence-electron chi connectivity index (χ1n) is 4.40. The summed E-state index contributed by atoms with van der Waals surface area (Å²) in [4.78, 5) is 0. The molecule has 1 rings (SSSR count). The Balaban J connectivity index is 2.45. The summed E-state index contributed by atoms with van der Waals surface area (Å²) in [5, 5.41) is 0. The van der Waals surface area contributed by atoms with Crippen LogP contribution in [0.4, 0.5) is 0 Å². The molecule has 0 radical (unpaired) electrons. The number of hydrogen-bond donors (Lipinski definition) is 0. The fourth-order valence-corrected chi connectivity index (χ4v) is 1.49. The number of ether oxygens (including phenoxy) is 2. The van der Waals surface area contributed by atoms with E-state index in [2.05, 4.69) is 13.8 Å². The molecule has 2 heteroatoms. The molecule has 66 valence electrons. The van der Waals surface area contributed by atoms with Gasteiger partial charge in [0.15, 0.2) is 6.29 Å². The molecule has 0 bridgehead atoms. The average Bonchev–Trinajstić information content (AvgIpc) is 1.94. The van der Waals surface area contributed by atoms with Crippen LogP contribution in [-0.2, 0) is 9.47 Å². The topological polar surface area (TPSA) is 18.5 Å². The molecule has 0 aliphatic carbocycles. The van der Waals surface area contributed by atoms with E-state index in [1.807, 2.05) is 6.92 Å². The van der Waals surface area contributed by atoms with Gasteiger partial charge >= 0.3 is 0 Å². The molecule has 2 nitrogen and oxygen atoms in total. The van der Waals surface area contributed by atoms with Crippen LogP contribution < -0.4 is 0 Å². The van der Waals surface area contributed by atoms with Crippen LogP contribution in [0.25, 0.3) is 0 Å². The zero-order valence-corrected chi connectivity index (χ0v) is 7.72. The molecular weight excluding hydrogens is 140 g/mol. The Labute approximate surface area is 68.9 Å². The third-order valence-corrected chi connectivity index (χ3v) is 2.19. The summed E-state index contributed by atoms with van der Waals surface area (Å²) in [7, 11) is 0. The Kier molecular flexibility index (Phi) is 2.90. The second-order valence-electron chi connectivity index (χ2n) is 3.75. The molecule has 0 amide bonds. The highest BCUT2D eigenvalue weighted by atomic mass is 16.7. The fraction of sp³-hybridized carbons (Fsp3) is 1.00. The smallest absolute Gasteiger partial charge is 0.162 e. The standard InChI is InChI=1S/C9H18O2/c1-4-10-8-9(2,3)6-5-7-11-8/h8H,4-7H2,1-3H3/t8-/m1/s1. The van der Waals surface area contributed by atoms with Crippen LogP contribution in [-0.4, -0.2) is 19.5 Å². The summed E-state index contributed by atoms with van der Waals surface area (Å²) in [6.45, 7) is 8.01. The van der Waals surface area contributed by atoms with E-state index in [4.69, 9.17) is 9.47 Å². The summed E-state index contributed by atoms with van der Waals surface area (Å²) in [6, 6.07) is 0. The third kappa shape index (κ3) is 2.17. The second-order valence-corrected chi connectivity index (χ2v) is 3.75. The average molecular weight is 158 g/mol. The van der Waals surface area contributed by atoms with Gasteiger partial charge in [-0.1, -0.05) is 13.8 Å². The fourth-order valence-electron chi connectivity index (χ4n) is 1.49. The molecule has 1 saturated heterocycles. The molecule has 0 saturated carbocycles. The minimum absolute atomic E-state index is 0.0150. The summed E-state index contributed by atoms with van der Waals surface area (Å²) in [6.07, 6.45) is 2.38. The van der Waals surface area contributed by atoms with Gasteiger partial charge in [0.05, 0.1) is 0 Å². The Morgan fingerprint density at radius 1 is 1.55 bits per heavy atom. The van der Waals surface area contributed by atoms with Gasteiger partial charge in [0, 0.05) is 18.6 Å². The molecule has 1 atom stereocenters. The monoisotopic (exact) mass is 158 g/mol. The van der Waals surface area contributed by atoms with Gasteiger partial charge in [-0.25, -0.2) is 0 Å². The van der Waals surface area contributed by atoms with Crippen molar-refractivity contribution in [3.05, 3.63) is 0 Å². The molecule has 0 aromatic carbocycles. The molecule has 0 aromatic rings. The third-order valence-electron chi connectivity index (χ3n) is 2.19. The molecular formula is C9H18O2. The predicted molar refractivity (Wildman–Crippen MR) is 44.4 cm³/mol. The molecule has 1 aliphatic rings. The zero-order valence-electron chi connectivity index (χ0n) is 7.72. The summed E-state index contributed by atoms with van der Waals surface area (Å²) in [5.41, 5.74) is 0.203. The molecule has 1 aliphatic heterocycles. The summed E-state index contributed by atoms with van der Waals surface area (Å²) >= 11 is 0. The van der Waals surface area contributed by atoms with Crippen molar-refractivity contribution in [2.24, 2.45) is 5.41 Å². The number of rotatable bonds is 2. The van der Waals surface area contributed by atoms with Crippen LogP contribution in [0.15, 0.2) is 0 Å². The van der Waals surface area contributed by atoms with E-state index in [0.29, 0.717) is 0 Å². The van der Waals surface area contributed by atoms with E-state index in [0.717, 1.165) is 19.6 Å². The number of hydrogen-bond acceptors (Lipinski definition) is 2. The summed E-state index contributed by atoms with van der Waals surface area (Å²) < 4.78 is 11.0. The lowest BCUT2D eigenvalue weighted by Crippen LogP contribution is -2.38. The molecule has 1 fully saturated rings. The Morgan fingerprint density at radius 2 is 2.27 bits per heavy atom. The van der Waals surface area contributed by atoms with Crippen molar-refractivity contribution in [2.75, 3.05) is 13.2 Å². The maximum Gasteiger partial charge on any atom is 0.162 e. The van der Waals surface area contributed by atoms with E-state index in [1.54, 1.807) is 0 Å². The normalized spacial score (nSPS) is 30.3. The van der Waals surface area contributed by atoms with Gasteiger partial charge in [0.25, 0.3) is 0 Å². The van der Waals surface area contributed by atoms with Gasteiger partial charge in [0.1, 0.15) is 0 Å². The van der Waals surface area contributed by atoms with Crippen molar-refractivity contribution in [3.63, 3.8) is 0 Å². The van der Waals surface area contributed by atoms with E-state index < -0.39 is 0 Å². The van der Waals surface area contributed by atoms with Gasteiger partial charge < -0.3 is 9.47 Å². The lowest BCUT2D eigenvalue weighted by molar-refractivity contribution is -0.219. The van der Waals surface area contributed by atoms with Crippen molar-refractivity contribution < 1.29 is 9.47 Å². The van der Waals surface area contributed by atoms with Gasteiger partial charge in [0.2, 0.25) is 0 Å². The lowest BCUT2D eigenvalue weighted by atomic mass is 9.85. The molecule has 0 N–H and O–H groups in total. The van der Waals surface area contributed by atoms with E-state index in [-0.39, 0.29) is 11.7 Å². The largest absolute Gasteiger partial charge is 0.352 e. The van der Waals surface area contributed by atoms with E-state index in [9.17, 15) is 0 Å². The van der Waals surface area contributed by atoms with Crippen molar-refractivity contribution >= 4 is 0 Å². The van der Waals surface area contributed by atoms with Crippen molar-refractivity contribution in [1.29, 1.82) is 0 Å². The quantitative estimate of drug-likeness (QED) is 0.613. The molecule has 0 aromatic heterocycles. The van der Waals surface area contributed by atoms with Crippen LogP contribution in [0.5, 0.6) is 0 Å². The summed E-state index contributed by atoms with van der Waals surface area (Å²) in [5.74, 6) is 0. The SMILES string of the molecule is CCO[C@@H]1OCCCC1(C)C. The highest BCUT2D eigenvalue weighted by molar-refractivity contribution is 4.76. The second kappa shape index (κ2) is 3.55. The lowest BCUT2D eigenvalue weighted by Gasteiger charge is -2.37. The van der Waals surface area contributed by atoms with Crippen LogP contribution in [0.3, 0.4) is 0 Å². The zero-order chi connectivity index (χ0) is 8.32. The van der Waals surface area contributed by atoms with Crippen molar-refractivity contribution in [3.8, 4) is 0 Å². The van der Waals surface area contributed by atoms with Crippen LogP contribution in [0.2, 0.25) is 0 Å². The maximum absolute atomic E-state index is 5.51. The van der Waals surface area contributed by atoms with E-state index >= 15 is 0 Å². The van der Waals surface area contributed by atoms with Gasteiger partial charge in [-0.2, -0.15) is 0 Å². The first-order valence-corrected chi connectivity index (χ1v) is 4.40.